The summed E-state index contributed by atoms with van der Waals surface area (Å²) in [5.74, 6) is 0.0643. The Balaban J connectivity index is 1.60. The van der Waals surface area contributed by atoms with E-state index in [-0.39, 0.29) is 23.8 Å². The molecule has 2 aromatic carbocycles. The molecule has 0 atom stereocenters. The third-order valence-electron chi connectivity index (χ3n) is 6.13. The van der Waals surface area contributed by atoms with E-state index in [2.05, 4.69) is 39.8 Å². The van der Waals surface area contributed by atoms with Gasteiger partial charge in [0, 0.05) is 36.4 Å². The fourth-order valence-corrected chi connectivity index (χ4v) is 4.55. The Morgan fingerprint density at radius 2 is 1.77 bits per heavy atom. The molecular weight excluding hydrogens is 374 g/mol. The predicted molar refractivity (Wildman–Crippen MR) is 121 cm³/mol. The number of carbonyl (C=O) groups excluding carboxylic acids is 2. The maximum atomic E-state index is 13.0. The van der Waals surface area contributed by atoms with Gasteiger partial charge in [-0.25, -0.2) is 0 Å². The highest BCUT2D eigenvalue weighted by Crippen LogP contribution is 2.31. The highest BCUT2D eigenvalue weighted by atomic mass is 16.2. The van der Waals surface area contributed by atoms with Crippen LogP contribution in [0.1, 0.15) is 61.0 Å². The molecule has 1 aliphatic carbocycles. The molecule has 5 nitrogen and oxygen atoms in total. The van der Waals surface area contributed by atoms with Gasteiger partial charge in [0.2, 0.25) is 5.91 Å². The Morgan fingerprint density at radius 3 is 2.50 bits per heavy atom. The summed E-state index contributed by atoms with van der Waals surface area (Å²) in [6.45, 7) is 5.57. The van der Waals surface area contributed by atoms with E-state index in [4.69, 9.17) is 0 Å². The Labute approximate surface area is 178 Å². The summed E-state index contributed by atoms with van der Waals surface area (Å²) in [5, 5.41) is 6.06. The lowest BCUT2D eigenvalue weighted by molar-refractivity contribution is -0.119. The second-order valence-electron chi connectivity index (χ2n) is 8.77. The zero-order valence-electron chi connectivity index (χ0n) is 17.9. The number of rotatable bonds is 5. The van der Waals surface area contributed by atoms with Gasteiger partial charge in [-0.1, -0.05) is 37.1 Å². The smallest absolute Gasteiger partial charge is 0.253 e. The van der Waals surface area contributed by atoms with Crippen molar-refractivity contribution in [1.29, 1.82) is 0 Å². The summed E-state index contributed by atoms with van der Waals surface area (Å²) in [5.41, 5.74) is 4.91. The van der Waals surface area contributed by atoms with E-state index in [1.165, 1.54) is 11.1 Å². The van der Waals surface area contributed by atoms with Crippen LogP contribution >= 0.6 is 0 Å². The predicted octanol–water partition coefficient (Wildman–Crippen LogP) is 4.52. The summed E-state index contributed by atoms with van der Waals surface area (Å²) in [6.07, 6.45) is 5.11. The van der Waals surface area contributed by atoms with Crippen LogP contribution in [-0.2, 0) is 17.8 Å². The number of fused-ring (bicyclic) bond motifs is 1. The van der Waals surface area contributed by atoms with Crippen LogP contribution in [0.3, 0.4) is 0 Å². The molecule has 0 unspecified atom stereocenters. The minimum atomic E-state index is -0.101. The van der Waals surface area contributed by atoms with Gasteiger partial charge in [-0.3, -0.25) is 9.59 Å². The Morgan fingerprint density at radius 1 is 1.03 bits per heavy atom. The maximum Gasteiger partial charge on any atom is 0.253 e. The molecule has 4 rings (SSSR count). The third kappa shape index (κ3) is 4.50. The van der Waals surface area contributed by atoms with E-state index in [9.17, 15) is 9.59 Å². The first-order valence-electron chi connectivity index (χ1n) is 11.1. The molecular formula is C25H31N3O2. The van der Waals surface area contributed by atoms with Crippen molar-refractivity contribution in [1.82, 2.24) is 5.32 Å². The van der Waals surface area contributed by atoms with Crippen molar-refractivity contribution in [2.45, 2.75) is 58.5 Å². The van der Waals surface area contributed by atoms with Gasteiger partial charge in [0.05, 0.1) is 5.56 Å². The molecule has 30 heavy (non-hydrogen) atoms. The van der Waals surface area contributed by atoms with Gasteiger partial charge in [-0.2, -0.15) is 0 Å². The molecule has 0 bridgehead atoms. The molecule has 0 saturated heterocycles. The average molecular weight is 406 g/mol. The fraction of sp³-hybridized carbons (Fsp3) is 0.440. The maximum absolute atomic E-state index is 13.0. The quantitative estimate of drug-likeness (QED) is 0.769. The SMILES string of the molecule is CC(C)NC(=O)c1cc(NC(=O)C2CCCC2)ccc1N1CCc2ccccc2C1. The van der Waals surface area contributed by atoms with E-state index in [1.807, 2.05) is 32.0 Å². The van der Waals surface area contributed by atoms with Gasteiger partial charge < -0.3 is 15.5 Å². The van der Waals surface area contributed by atoms with E-state index in [1.54, 1.807) is 0 Å². The molecule has 2 amide bonds. The number of hydrogen-bond acceptors (Lipinski definition) is 3. The standard InChI is InChI=1S/C25H31N3O2/c1-17(2)26-25(30)22-15-21(27-24(29)19-8-4-5-9-19)11-12-23(22)28-14-13-18-7-3-6-10-20(18)16-28/h3,6-7,10-12,15,17,19H,4-5,8-9,13-14,16H2,1-2H3,(H,26,30)(H,27,29). The number of carbonyl (C=O) groups is 2. The zero-order chi connectivity index (χ0) is 21.1. The molecule has 1 aliphatic heterocycles. The van der Waals surface area contributed by atoms with Crippen molar-refractivity contribution in [2.24, 2.45) is 5.92 Å². The van der Waals surface area contributed by atoms with Crippen LogP contribution in [0.15, 0.2) is 42.5 Å². The Kier molecular flexibility index (Phi) is 6.07. The molecule has 1 saturated carbocycles. The molecule has 0 aromatic heterocycles. The van der Waals surface area contributed by atoms with E-state index < -0.39 is 0 Å². The van der Waals surface area contributed by atoms with Gasteiger partial charge in [0.1, 0.15) is 0 Å². The summed E-state index contributed by atoms with van der Waals surface area (Å²) in [7, 11) is 0. The molecule has 158 valence electrons. The molecule has 2 aliphatic rings. The van der Waals surface area contributed by atoms with E-state index in [0.29, 0.717) is 11.3 Å². The van der Waals surface area contributed by atoms with Crippen molar-refractivity contribution in [3.05, 3.63) is 59.2 Å². The lowest BCUT2D eigenvalue weighted by atomic mass is 9.98. The van der Waals surface area contributed by atoms with Crippen LogP contribution in [0.2, 0.25) is 0 Å². The van der Waals surface area contributed by atoms with Gasteiger partial charge in [-0.05, 0) is 62.4 Å². The second-order valence-corrected chi connectivity index (χ2v) is 8.77. The third-order valence-corrected chi connectivity index (χ3v) is 6.13. The topological polar surface area (TPSA) is 61.4 Å². The summed E-state index contributed by atoms with van der Waals surface area (Å²) >= 11 is 0. The number of anilines is 2. The lowest BCUT2D eigenvalue weighted by Gasteiger charge is -2.32. The normalized spacial score (nSPS) is 16.4. The summed E-state index contributed by atoms with van der Waals surface area (Å²) in [6, 6.07) is 14.3. The first kappa shape index (κ1) is 20.5. The van der Waals surface area contributed by atoms with Crippen LogP contribution in [0.25, 0.3) is 0 Å². The largest absolute Gasteiger partial charge is 0.366 e. The van der Waals surface area contributed by atoms with Crippen molar-refractivity contribution in [3.63, 3.8) is 0 Å². The van der Waals surface area contributed by atoms with Gasteiger partial charge in [0.15, 0.2) is 0 Å². The molecule has 1 heterocycles. The first-order chi connectivity index (χ1) is 14.5. The number of nitrogens with one attached hydrogen (secondary N) is 2. The lowest BCUT2D eigenvalue weighted by Crippen LogP contribution is -2.35. The monoisotopic (exact) mass is 405 g/mol. The molecule has 2 N–H and O–H groups in total. The van der Waals surface area contributed by atoms with Crippen LogP contribution in [0.5, 0.6) is 0 Å². The number of amides is 2. The van der Waals surface area contributed by atoms with E-state index in [0.717, 1.165) is 50.9 Å². The van der Waals surface area contributed by atoms with Gasteiger partial charge in [-0.15, -0.1) is 0 Å². The Hall–Kier alpha value is -2.82. The van der Waals surface area contributed by atoms with Gasteiger partial charge in [0.25, 0.3) is 5.91 Å². The minimum Gasteiger partial charge on any atom is -0.366 e. The van der Waals surface area contributed by atoms with Crippen LogP contribution in [-0.4, -0.2) is 24.4 Å². The molecule has 1 fully saturated rings. The molecule has 2 aromatic rings. The highest BCUT2D eigenvalue weighted by Gasteiger charge is 2.25. The van der Waals surface area contributed by atoms with Crippen LogP contribution < -0.4 is 15.5 Å². The fourth-order valence-electron chi connectivity index (χ4n) is 4.55. The van der Waals surface area contributed by atoms with Crippen molar-refractivity contribution in [3.8, 4) is 0 Å². The summed E-state index contributed by atoms with van der Waals surface area (Å²) in [4.78, 5) is 27.8. The van der Waals surface area contributed by atoms with Crippen molar-refractivity contribution < 1.29 is 9.59 Å². The number of benzene rings is 2. The van der Waals surface area contributed by atoms with Crippen molar-refractivity contribution in [2.75, 3.05) is 16.8 Å². The van der Waals surface area contributed by atoms with Crippen LogP contribution in [0.4, 0.5) is 11.4 Å². The zero-order valence-corrected chi connectivity index (χ0v) is 17.9. The highest BCUT2D eigenvalue weighted by molar-refractivity contribution is 6.02. The number of hydrogen-bond donors (Lipinski definition) is 2. The van der Waals surface area contributed by atoms with Crippen LogP contribution in [0, 0.1) is 5.92 Å². The van der Waals surface area contributed by atoms with E-state index >= 15 is 0 Å². The van der Waals surface area contributed by atoms with Gasteiger partial charge >= 0.3 is 0 Å². The molecule has 0 radical (unpaired) electrons. The minimum absolute atomic E-state index is 0.0455. The molecule has 5 heteroatoms. The second kappa shape index (κ2) is 8.90. The summed E-state index contributed by atoms with van der Waals surface area (Å²) < 4.78 is 0. The Bertz CT molecular complexity index is 932. The number of nitrogens with zero attached hydrogens (tertiary/aromatic N) is 1. The van der Waals surface area contributed by atoms with Crippen molar-refractivity contribution >= 4 is 23.2 Å². The molecule has 0 spiro atoms. The average Bonchev–Trinajstić information content (AvgIpc) is 3.28. The first-order valence-corrected chi connectivity index (χ1v) is 11.1.